The fraction of sp³-hybridized carbons (Fsp3) is 0.538. The highest BCUT2D eigenvalue weighted by Gasteiger charge is 2.35. The Hall–Kier alpha value is -0.530. The molecule has 1 nitrogen and oxygen atoms in total. The van der Waals surface area contributed by atoms with Crippen molar-refractivity contribution in [3.8, 4) is 0 Å². The van der Waals surface area contributed by atoms with E-state index in [1.165, 1.54) is 30.4 Å². The van der Waals surface area contributed by atoms with Crippen LogP contribution < -0.4 is 5.32 Å². The van der Waals surface area contributed by atoms with Gasteiger partial charge in [-0.25, -0.2) is 0 Å². The first kappa shape index (κ1) is 9.68. The van der Waals surface area contributed by atoms with Crippen molar-refractivity contribution in [1.29, 1.82) is 0 Å². The molecule has 0 aromatic heterocycles. The second-order valence-corrected chi connectivity index (χ2v) is 5.36. The quantitative estimate of drug-likeness (QED) is 0.808. The molecule has 0 heterocycles. The number of nitrogens with one attached hydrogen (secondary N) is 1. The Morgan fingerprint density at radius 2 is 2.20 bits per heavy atom. The van der Waals surface area contributed by atoms with Crippen molar-refractivity contribution >= 4 is 11.6 Å². The maximum absolute atomic E-state index is 5.99. The second-order valence-electron chi connectivity index (χ2n) is 4.92. The van der Waals surface area contributed by atoms with Crippen LogP contribution in [0.2, 0.25) is 5.02 Å². The molecule has 2 aliphatic rings. The molecular formula is C13H16ClN. The summed E-state index contributed by atoms with van der Waals surface area (Å²) in [6.45, 7) is 2.31. The van der Waals surface area contributed by atoms with Gasteiger partial charge in [0.05, 0.1) is 0 Å². The van der Waals surface area contributed by atoms with E-state index >= 15 is 0 Å². The van der Waals surface area contributed by atoms with Crippen molar-refractivity contribution in [1.82, 2.24) is 5.32 Å². The molecule has 1 N–H and O–H groups in total. The van der Waals surface area contributed by atoms with Crippen LogP contribution in [0, 0.1) is 5.92 Å². The van der Waals surface area contributed by atoms with Gasteiger partial charge in [-0.2, -0.15) is 0 Å². The van der Waals surface area contributed by atoms with Gasteiger partial charge in [0.25, 0.3) is 0 Å². The van der Waals surface area contributed by atoms with Crippen LogP contribution >= 0.6 is 11.6 Å². The fourth-order valence-corrected chi connectivity index (χ4v) is 2.77. The Labute approximate surface area is 95.8 Å². The average Bonchev–Trinajstić information content (AvgIpc) is 2.74. The van der Waals surface area contributed by atoms with Crippen molar-refractivity contribution in [3.63, 3.8) is 0 Å². The molecule has 0 radical (unpaired) electrons. The topological polar surface area (TPSA) is 12.0 Å². The van der Waals surface area contributed by atoms with Crippen molar-refractivity contribution in [3.05, 3.63) is 34.3 Å². The zero-order chi connectivity index (χ0) is 10.4. The molecule has 80 valence electrons. The van der Waals surface area contributed by atoms with Crippen LogP contribution in [0.15, 0.2) is 18.2 Å². The van der Waals surface area contributed by atoms with Crippen molar-refractivity contribution in [2.45, 2.75) is 38.3 Å². The molecule has 3 atom stereocenters. The largest absolute Gasteiger partial charge is 0.307 e. The zero-order valence-electron chi connectivity index (χ0n) is 8.96. The highest BCUT2D eigenvalue weighted by molar-refractivity contribution is 6.30. The van der Waals surface area contributed by atoms with E-state index in [0.717, 1.165) is 17.0 Å². The Morgan fingerprint density at radius 3 is 2.93 bits per heavy atom. The van der Waals surface area contributed by atoms with Gasteiger partial charge in [0.15, 0.2) is 0 Å². The predicted octanol–water partition coefficient (Wildman–Crippen LogP) is 3.33. The highest BCUT2D eigenvalue weighted by Crippen LogP contribution is 2.37. The lowest BCUT2D eigenvalue weighted by Crippen LogP contribution is -2.22. The molecule has 0 bridgehead atoms. The maximum Gasteiger partial charge on any atom is 0.0408 e. The summed E-state index contributed by atoms with van der Waals surface area (Å²) >= 11 is 5.99. The third-order valence-electron chi connectivity index (χ3n) is 3.71. The van der Waals surface area contributed by atoms with Crippen LogP contribution in [-0.4, -0.2) is 6.04 Å². The van der Waals surface area contributed by atoms with Crippen LogP contribution in [0.25, 0.3) is 0 Å². The molecular weight excluding hydrogens is 206 g/mol. The number of fused-ring (bicyclic) bond motifs is 1. The summed E-state index contributed by atoms with van der Waals surface area (Å²) in [6, 6.07) is 7.66. The first-order chi connectivity index (χ1) is 7.24. The zero-order valence-corrected chi connectivity index (χ0v) is 9.72. The van der Waals surface area contributed by atoms with Gasteiger partial charge in [-0.3, -0.25) is 0 Å². The van der Waals surface area contributed by atoms with Crippen LogP contribution in [0.4, 0.5) is 0 Å². The van der Waals surface area contributed by atoms with E-state index < -0.39 is 0 Å². The molecule has 15 heavy (non-hydrogen) atoms. The molecule has 2 aliphatic carbocycles. The molecule has 0 amide bonds. The van der Waals surface area contributed by atoms with E-state index in [1.54, 1.807) is 0 Å². The third-order valence-corrected chi connectivity index (χ3v) is 3.94. The minimum atomic E-state index is 0.576. The summed E-state index contributed by atoms with van der Waals surface area (Å²) in [7, 11) is 0. The van der Waals surface area contributed by atoms with E-state index in [1.807, 2.05) is 6.07 Å². The van der Waals surface area contributed by atoms with E-state index in [9.17, 15) is 0 Å². The number of hydrogen-bond acceptors (Lipinski definition) is 1. The molecule has 1 saturated carbocycles. The summed E-state index contributed by atoms with van der Waals surface area (Å²) in [5.74, 6) is 0.876. The standard InChI is InChI=1S/C13H16ClN/c1-8-6-13(8)15-12-5-2-9-7-10(14)3-4-11(9)12/h3-4,7-8,12-13,15H,2,5-6H2,1H3. The molecule has 1 aromatic carbocycles. The minimum Gasteiger partial charge on any atom is -0.307 e. The summed E-state index contributed by atoms with van der Waals surface area (Å²) in [4.78, 5) is 0. The highest BCUT2D eigenvalue weighted by atomic mass is 35.5. The molecule has 0 saturated heterocycles. The number of halogens is 1. The first-order valence-corrected chi connectivity index (χ1v) is 6.16. The lowest BCUT2D eigenvalue weighted by molar-refractivity contribution is 0.513. The Kier molecular flexibility index (Phi) is 2.26. The van der Waals surface area contributed by atoms with Crippen LogP contribution in [0.3, 0.4) is 0 Å². The second kappa shape index (κ2) is 3.50. The van der Waals surface area contributed by atoms with Gasteiger partial charge in [-0.05, 0) is 48.4 Å². The van der Waals surface area contributed by atoms with Gasteiger partial charge in [0.1, 0.15) is 0 Å². The summed E-state index contributed by atoms with van der Waals surface area (Å²) < 4.78 is 0. The Morgan fingerprint density at radius 1 is 1.40 bits per heavy atom. The van der Waals surface area contributed by atoms with Crippen LogP contribution in [-0.2, 0) is 6.42 Å². The lowest BCUT2D eigenvalue weighted by atomic mass is 10.1. The molecule has 1 aromatic rings. The fourth-order valence-electron chi connectivity index (χ4n) is 2.57. The van der Waals surface area contributed by atoms with Gasteiger partial charge in [0, 0.05) is 17.1 Å². The molecule has 0 spiro atoms. The lowest BCUT2D eigenvalue weighted by Gasteiger charge is -2.13. The molecule has 3 rings (SSSR count). The SMILES string of the molecule is CC1CC1NC1CCc2cc(Cl)ccc21. The number of aryl methyl sites for hydroxylation is 1. The molecule has 2 heteroatoms. The smallest absolute Gasteiger partial charge is 0.0408 e. The van der Waals surface area contributed by atoms with E-state index in [-0.39, 0.29) is 0 Å². The van der Waals surface area contributed by atoms with Gasteiger partial charge in [0.2, 0.25) is 0 Å². The summed E-state index contributed by atoms with van der Waals surface area (Å²) in [6.07, 6.45) is 3.76. The van der Waals surface area contributed by atoms with E-state index in [2.05, 4.69) is 24.4 Å². The predicted molar refractivity (Wildman–Crippen MR) is 63.2 cm³/mol. The molecule has 0 aliphatic heterocycles. The number of rotatable bonds is 2. The minimum absolute atomic E-state index is 0.576. The Bertz CT molecular complexity index is 388. The van der Waals surface area contributed by atoms with E-state index in [4.69, 9.17) is 11.6 Å². The first-order valence-electron chi connectivity index (χ1n) is 5.78. The van der Waals surface area contributed by atoms with Crippen molar-refractivity contribution < 1.29 is 0 Å². The van der Waals surface area contributed by atoms with Crippen LogP contribution in [0.5, 0.6) is 0 Å². The van der Waals surface area contributed by atoms with Gasteiger partial charge >= 0.3 is 0 Å². The van der Waals surface area contributed by atoms with Crippen molar-refractivity contribution in [2.75, 3.05) is 0 Å². The Balaban J connectivity index is 1.79. The third kappa shape index (κ3) is 1.79. The summed E-state index contributed by atoms with van der Waals surface area (Å²) in [5.41, 5.74) is 2.91. The van der Waals surface area contributed by atoms with Crippen molar-refractivity contribution in [2.24, 2.45) is 5.92 Å². The van der Waals surface area contributed by atoms with Gasteiger partial charge < -0.3 is 5.32 Å². The summed E-state index contributed by atoms with van der Waals surface area (Å²) in [5, 5.41) is 4.60. The normalized spacial score (nSPS) is 32.8. The van der Waals surface area contributed by atoms with Gasteiger partial charge in [-0.15, -0.1) is 0 Å². The monoisotopic (exact) mass is 221 g/mol. The van der Waals surface area contributed by atoms with Gasteiger partial charge in [-0.1, -0.05) is 24.6 Å². The van der Waals surface area contributed by atoms with Crippen LogP contribution in [0.1, 0.15) is 36.9 Å². The number of benzene rings is 1. The van der Waals surface area contributed by atoms with E-state index in [0.29, 0.717) is 6.04 Å². The average molecular weight is 222 g/mol. The molecule has 3 unspecified atom stereocenters. The number of hydrogen-bond donors (Lipinski definition) is 1. The maximum atomic E-state index is 5.99. The molecule has 1 fully saturated rings.